The molecule has 2 saturated heterocycles. The van der Waals surface area contributed by atoms with Gasteiger partial charge < -0.3 is 50.2 Å². The lowest BCUT2D eigenvalue weighted by atomic mass is 9.83. The van der Waals surface area contributed by atoms with E-state index < -0.39 is 55.6 Å². The van der Waals surface area contributed by atoms with Gasteiger partial charge in [0.1, 0.15) is 30.5 Å². The van der Waals surface area contributed by atoms with E-state index in [9.17, 15) is 35.4 Å². The van der Waals surface area contributed by atoms with Gasteiger partial charge in [-0.05, 0) is 19.3 Å². The fourth-order valence-corrected chi connectivity index (χ4v) is 7.03. The summed E-state index contributed by atoms with van der Waals surface area (Å²) >= 11 is 0. The summed E-state index contributed by atoms with van der Waals surface area (Å²) in [5.74, 6) is -0.266. The average molecular weight is 718 g/mol. The second-order valence-electron chi connectivity index (χ2n) is 15.6. The first-order chi connectivity index (χ1) is 24.1. The average Bonchev–Trinajstić information content (AvgIpc) is 3.09. The van der Waals surface area contributed by atoms with E-state index >= 15 is 0 Å². The largest absolute Gasteiger partial charge is 0.394 e. The molecule has 7 N–H and O–H groups in total. The van der Waals surface area contributed by atoms with Crippen molar-refractivity contribution in [2.45, 2.75) is 210 Å². The fraction of sp³-hybridized carbons (Fsp3) is 0.974. The molecular weight excluding hydrogens is 642 g/mol. The summed E-state index contributed by atoms with van der Waals surface area (Å²) in [5.41, 5.74) is 0.395. The van der Waals surface area contributed by atoms with Crippen LogP contribution in [0.25, 0.3) is 0 Å². The quantitative estimate of drug-likeness (QED) is 0.0481. The van der Waals surface area contributed by atoms with Crippen LogP contribution >= 0.6 is 0 Å². The maximum absolute atomic E-state index is 12.9. The Labute approximate surface area is 302 Å². The van der Waals surface area contributed by atoms with Crippen LogP contribution in [-0.4, -0.2) is 112 Å². The zero-order valence-corrected chi connectivity index (χ0v) is 31.5. The minimum absolute atomic E-state index is 0.266. The molecule has 0 aliphatic carbocycles. The Morgan fingerprint density at radius 1 is 0.760 bits per heavy atom. The van der Waals surface area contributed by atoms with E-state index in [0.29, 0.717) is 18.3 Å². The van der Waals surface area contributed by atoms with Gasteiger partial charge in [-0.2, -0.15) is 0 Å². The van der Waals surface area contributed by atoms with Crippen LogP contribution in [-0.2, 0) is 19.0 Å². The van der Waals surface area contributed by atoms with Crippen LogP contribution in [0.2, 0.25) is 0 Å². The molecule has 0 spiro atoms. The van der Waals surface area contributed by atoms with Crippen molar-refractivity contribution in [1.29, 1.82) is 0 Å². The summed E-state index contributed by atoms with van der Waals surface area (Å²) in [5, 5.41) is 64.9. The molecule has 2 aliphatic rings. The maximum Gasteiger partial charge on any atom is 0.220 e. The maximum atomic E-state index is 12.9. The smallest absolute Gasteiger partial charge is 0.220 e. The van der Waals surface area contributed by atoms with E-state index in [1.165, 1.54) is 83.5 Å². The van der Waals surface area contributed by atoms with Crippen molar-refractivity contribution in [2.75, 3.05) is 26.4 Å². The monoisotopic (exact) mass is 718 g/mol. The van der Waals surface area contributed by atoms with Gasteiger partial charge in [-0.1, -0.05) is 136 Å². The third-order valence-corrected chi connectivity index (χ3v) is 10.6. The van der Waals surface area contributed by atoms with E-state index in [1.54, 1.807) is 0 Å². The number of nitrogens with one attached hydrogen (secondary N) is 1. The Hall–Kier alpha value is -0.890. The summed E-state index contributed by atoms with van der Waals surface area (Å²) in [6, 6.07) is -0.990. The molecule has 0 aromatic rings. The molecule has 0 bridgehead atoms. The van der Waals surface area contributed by atoms with Gasteiger partial charge in [0.05, 0.1) is 38.6 Å². The van der Waals surface area contributed by atoms with Crippen molar-refractivity contribution in [2.24, 2.45) is 5.41 Å². The molecule has 2 aliphatic heterocycles. The van der Waals surface area contributed by atoms with Gasteiger partial charge in [0, 0.05) is 11.8 Å². The van der Waals surface area contributed by atoms with Gasteiger partial charge in [0.2, 0.25) is 5.91 Å². The standard InChI is InChI=1S/C39H75NO10/c1-3-4-5-6-7-8-9-10-11-14-17-20-23-31(42)34(44)30(27-49-38-37(47)36(46)35(45)32(26-41)50-38)40-33(43)24-21-18-15-12-13-16-19-22-25-39(2)28-48-29-39/h30-32,34-38,41-42,44-47H,3-29H2,1-2H3,(H,40,43)/t30?,31-,32-,34+,35+,36+,37-,38+/m1/s1. The number of hydrogen-bond acceptors (Lipinski definition) is 10. The number of aliphatic hydroxyl groups is 6. The van der Waals surface area contributed by atoms with E-state index in [4.69, 9.17) is 14.2 Å². The summed E-state index contributed by atoms with van der Waals surface area (Å²) < 4.78 is 16.4. The molecule has 296 valence electrons. The van der Waals surface area contributed by atoms with Crippen molar-refractivity contribution >= 4 is 5.91 Å². The Morgan fingerprint density at radius 3 is 1.80 bits per heavy atom. The Morgan fingerprint density at radius 2 is 1.28 bits per heavy atom. The highest BCUT2D eigenvalue weighted by Gasteiger charge is 2.44. The lowest BCUT2D eigenvalue weighted by Gasteiger charge is -2.40. The van der Waals surface area contributed by atoms with Gasteiger partial charge in [0.25, 0.3) is 0 Å². The van der Waals surface area contributed by atoms with Crippen LogP contribution in [0.4, 0.5) is 0 Å². The molecule has 2 fully saturated rings. The van der Waals surface area contributed by atoms with Crippen molar-refractivity contribution in [3.63, 3.8) is 0 Å². The van der Waals surface area contributed by atoms with Crippen LogP contribution in [0.1, 0.15) is 162 Å². The molecule has 2 rings (SSSR count). The highest BCUT2D eigenvalue weighted by atomic mass is 16.7. The molecule has 11 heteroatoms. The second-order valence-corrected chi connectivity index (χ2v) is 15.6. The van der Waals surface area contributed by atoms with Gasteiger partial charge in [-0.15, -0.1) is 0 Å². The first-order valence-electron chi connectivity index (χ1n) is 20.3. The van der Waals surface area contributed by atoms with Crippen molar-refractivity contribution in [3.8, 4) is 0 Å². The minimum Gasteiger partial charge on any atom is -0.394 e. The zero-order chi connectivity index (χ0) is 36.6. The molecule has 0 aromatic carbocycles. The van der Waals surface area contributed by atoms with Crippen molar-refractivity contribution in [3.05, 3.63) is 0 Å². The van der Waals surface area contributed by atoms with E-state index in [2.05, 4.69) is 19.2 Å². The number of carbonyl (C=O) groups is 1. The third kappa shape index (κ3) is 18.2. The van der Waals surface area contributed by atoms with Crippen molar-refractivity contribution < 1.29 is 49.6 Å². The molecule has 1 amide bonds. The van der Waals surface area contributed by atoms with Gasteiger partial charge in [0.15, 0.2) is 6.29 Å². The summed E-state index contributed by atoms with van der Waals surface area (Å²) in [6.45, 7) is 5.42. The van der Waals surface area contributed by atoms with Gasteiger partial charge in [-0.25, -0.2) is 0 Å². The lowest BCUT2D eigenvalue weighted by Crippen LogP contribution is -2.60. The van der Waals surface area contributed by atoms with Crippen LogP contribution in [0, 0.1) is 5.41 Å². The molecule has 11 nitrogen and oxygen atoms in total. The number of carbonyl (C=O) groups excluding carboxylic acids is 1. The summed E-state index contributed by atoms with van der Waals surface area (Å²) in [4.78, 5) is 12.9. The molecule has 0 aromatic heterocycles. The number of unbranched alkanes of at least 4 members (excludes halogenated alkanes) is 18. The highest BCUT2D eigenvalue weighted by molar-refractivity contribution is 5.76. The molecule has 0 saturated carbocycles. The Kier molecular flexibility index (Phi) is 24.3. The normalized spacial score (nSPS) is 25.2. The van der Waals surface area contributed by atoms with E-state index in [1.807, 2.05) is 0 Å². The third-order valence-electron chi connectivity index (χ3n) is 10.6. The second kappa shape index (κ2) is 26.8. The predicted octanol–water partition coefficient (Wildman–Crippen LogP) is 5.04. The van der Waals surface area contributed by atoms with Crippen LogP contribution in [0.15, 0.2) is 0 Å². The van der Waals surface area contributed by atoms with E-state index in [-0.39, 0.29) is 18.9 Å². The predicted molar refractivity (Wildman–Crippen MR) is 194 cm³/mol. The number of amides is 1. The molecule has 50 heavy (non-hydrogen) atoms. The molecule has 0 radical (unpaired) electrons. The van der Waals surface area contributed by atoms with Crippen LogP contribution in [0.5, 0.6) is 0 Å². The van der Waals surface area contributed by atoms with Crippen LogP contribution in [0.3, 0.4) is 0 Å². The fourth-order valence-electron chi connectivity index (χ4n) is 7.03. The van der Waals surface area contributed by atoms with Gasteiger partial charge >= 0.3 is 0 Å². The lowest BCUT2D eigenvalue weighted by molar-refractivity contribution is -0.303. The van der Waals surface area contributed by atoms with E-state index in [0.717, 1.165) is 58.2 Å². The number of hydrogen-bond donors (Lipinski definition) is 7. The van der Waals surface area contributed by atoms with Crippen LogP contribution < -0.4 is 5.32 Å². The SMILES string of the molecule is CCCCCCCCCCCCCC[C@@H](O)[C@@H](O)C(CO[C@H]1O[C@H](CO)[C@H](O)[C@H](O)[C@H]1O)NC(=O)CCCCCCCCCCC1(C)COC1. The first-order valence-corrected chi connectivity index (χ1v) is 20.3. The topological polar surface area (TPSA) is 178 Å². The minimum atomic E-state index is -1.61. The Bertz CT molecular complexity index is 844. The summed E-state index contributed by atoms with van der Waals surface area (Å²) in [7, 11) is 0. The Balaban J connectivity index is 1.72. The van der Waals surface area contributed by atoms with Crippen molar-refractivity contribution in [1.82, 2.24) is 5.32 Å². The summed E-state index contributed by atoms with van der Waals surface area (Å²) in [6.07, 6.45) is 15.3. The van der Waals surface area contributed by atoms with Gasteiger partial charge in [-0.3, -0.25) is 4.79 Å². The molecular formula is C39H75NO10. The number of ether oxygens (including phenoxy) is 3. The molecule has 2 heterocycles. The molecule has 1 unspecified atom stereocenters. The zero-order valence-electron chi connectivity index (χ0n) is 31.5. The number of aliphatic hydroxyl groups excluding tert-OH is 6. The first kappa shape index (κ1) is 45.3. The number of rotatable bonds is 31. The molecule has 8 atom stereocenters. The highest BCUT2D eigenvalue weighted by Crippen LogP contribution is 2.32.